The zero-order valence-corrected chi connectivity index (χ0v) is 8.97. The van der Waals surface area contributed by atoms with Crippen LogP contribution in [0.5, 0.6) is 0 Å². The quantitative estimate of drug-likeness (QED) is 0.585. The predicted octanol–water partition coefficient (Wildman–Crippen LogP) is 2.37. The molecule has 0 heterocycles. The van der Waals surface area contributed by atoms with Crippen LogP contribution in [0.15, 0.2) is 18.2 Å². The molecule has 0 aliphatic heterocycles. The van der Waals surface area contributed by atoms with Gasteiger partial charge >= 0.3 is 0 Å². The number of nitrogens with two attached hydrogens (primary N) is 1. The maximum Gasteiger partial charge on any atom is 0.0739 e. The Kier molecular flexibility index (Phi) is 4.56. The zero-order valence-electron chi connectivity index (χ0n) is 8.22. The predicted molar refractivity (Wildman–Crippen MR) is 60.8 cm³/mol. The molecule has 4 heteroatoms. The Morgan fingerprint density at radius 1 is 1.50 bits per heavy atom. The summed E-state index contributed by atoms with van der Waals surface area (Å²) in [5.74, 6) is 0. The summed E-state index contributed by atoms with van der Waals surface area (Å²) in [7, 11) is 1.69. The van der Waals surface area contributed by atoms with Crippen LogP contribution in [0.25, 0.3) is 0 Å². The summed E-state index contributed by atoms with van der Waals surface area (Å²) in [5, 5.41) is 3.78. The van der Waals surface area contributed by atoms with Gasteiger partial charge in [0.15, 0.2) is 0 Å². The van der Waals surface area contributed by atoms with E-state index in [0.717, 1.165) is 25.3 Å². The second-order valence-corrected chi connectivity index (χ2v) is 3.38. The Hall–Kier alpha value is -0.930. The number of ether oxygens (including phenoxy) is 1. The number of methoxy groups -OCH3 is 1. The normalized spacial score (nSPS) is 10.1. The molecule has 0 aliphatic rings. The number of hydrogen-bond donors (Lipinski definition) is 2. The summed E-state index contributed by atoms with van der Waals surface area (Å²) in [6.45, 7) is 1.58. The van der Waals surface area contributed by atoms with E-state index in [1.165, 1.54) is 0 Å². The lowest BCUT2D eigenvalue weighted by Gasteiger charge is -2.09. The fourth-order valence-electron chi connectivity index (χ4n) is 1.13. The molecular weight excluding hydrogens is 200 g/mol. The van der Waals surface area contributed by atoms with Gasteiger partial charge in [-0.25, -0.2) is 0 Å². The molecule has 0 atom stereocenters. The van der Waals surface area contributed by atoms with E-state index < -0.39 is 0 Å². The van der Waals surface area contributed by atoms with Crippen molar-refractivity contribution in [3.63, 3.8) is 0 Å². The van der Waals surface area contributed by atoms with Gasteiger partial charge in [-0.3, -0.25) is 0 Å². The summed E-state index contributed by atoms with van der Waals surface area (Å²) in [6, 6.07) is 5.56. The van der Waals surface area contributed by atoms with Crippen molar-refractivity contribution < 1.29 is 4.74 Å². The van der Waals surface area contributed by atoms with Gasteiger partial charge in [0, 0.05) is 20.3 Å². The van der Waals surface area contributed by atoms with E-state index in [1.807, 2.05) is 12.1 Å². The molecule has 0 unspecified atom stereocenters. The first kappa shape index (κ1) is 11.1. The van der Waals surface area contributed by atoms with Crippen LogP contribution in [-0.4, -0.2) is 20.3 Å². The van der Waals surface area contributed by atoms with Crippen molar-refractivity contribution in [2.45, 2.75) is 6.42 Å². The molecule has 0 aliphatic carbocycles. The minimum Gasteiger partial charge on any atom is -0.396 e. The highest BCUT2D eigenvalue weighted by molar-refractivity contribution is 6.33. The molecule has 0 fully saturated rings. The number of halogens is 1. The third-order valence-electron chi connectivity index (χ3n) is 1.89. The largest absolute Gasteiger partial charge is 0.396 e. The van der Waals surface area contributed by atoms with E-state index in [1.54, 1.807) is 13.2 Å². The van der Waals surface area contributed by atoms with Crippen LogP contribution in [0.3, 0.4) is 0 Å². The third kappa shape index (κ3) is 3.09. The molecule has 0 radical (unpaired) electrons. The highest BCUT2D eigenvalue weighted by atomic mass is 35.5. The number of hydrogen-bond acceptors (Lipinski definition) is 3. The summed E-state index contributed by atoms with van der Waals surface area (Å²) >= 11 is 5.86. The maximum atomic E-state index is 5.86. The molecule has 0 saturated carbocycles. The van der Waals surface area contributed by atoms with E-state index in [-0.39, 0.29) is 0 Å². The number of nitrogens with one attached hydrogen (secondary N) is 1. The van der Waals surface area contributed by atoms with Gasteiger partial charge in [0.05, 0.1) is 16.4 Å². The van der Waals surface area contributed by atoms with Gasteiger partial charge in [-0.15, -0.1) is 0 Å². The molecule has 1 aromatic carbocycles. The monoisotopic (exact) mass is 214 g/mol. The molecule has 0 aromatic heterocycles. The number of rotatable bonds is 5. The van der Waals surface area contributed by atoms with Crippen molar-refractivity contribution in [1.82, 2.24) is 0 Å². The van der Waals surface area contributed by atoms with E-state index in [9.17, 15) is 0 Å². The second kappa shape index (κ2) is 5.73. The van der Waals surface area contributed by atoms with Crippen LogP contribution in [0.4, 0.5) is 11.4 Å². The van der Waals surface area contributed by atoms with Crippen LogP contribution in [0.2, 0.25) is 5.02 Å². The number of benzene rings is 1. The summed E-state index contributed by atoms with van der Waals surface area (Å²) < 4.78 is 4.94. The van der Waals surface area contributed by atoms with Crippen molar-refractivity contribution in [2.24, 2.45) is 0 Å². The first-order chi connectivity index (χ1) is 6.75. The van der Waals surface area contributed by atoms with Crippen molar-refractivity contribution >= 4 is 23.0 Å². The summed E-state index contributed by atoms with van der Waals surface area (Å²) in [4.78, 5) is 0. The highest BCUT2D eigenvalue weighted by Gasteiger charge is 2.00. The van der Waals surface area contributed by atoms with E-state index in [2.05, 4.69) is 5.32 Å². The Morgan fingerprint density at radius 3 is 3.00 bits per heavy atom. The van der Waals surface area contributed by atoms with Crippen LogP contribution in [0.1, 0.15) is 6.42 Å². The van der Waals surface area contributed by atoms with Gasteiger partial charge in [-0.1, -0.05) is 17.7 Å². The molecule has 0 amide bonds. The number of nitrogen functional groups attached to an aromatic ring is 1. The molecule has 78 valence electrons. The van der Waals surface area contributed by atoms with Gasteiger partial charge in [-0.05, 0) is 18.6 Å². The third-order valence-corrected chi connectivity index (χ3v) is 2.22. The Labute approximate surface area is 89.2 Å². The molecule has 14 heavy (non-hydrogen) atoms. The molecule has 3 N–H and O–H groups in total. The lowest BCUT2D eigenvalue weighted by atomic mass is 10.2. The molecule has 1 rings (SSSR count). The smallest absolute Gasteiger partial charge is 0.0739 e. The minimum absolute atomic E-state index is 0.585. The molecule has 0 saturated heterocycles. The van der Waals surface area contributed by atoms with Gasteiger partial charge < -0.3 is 15.8 Å². The molecule has 0 spiro atoms. The molecule has 1 aromatic rings. The molecule has 0 bridgehead atoms. The van der Waals surface area contributed by atoms with Crippen LogP contribution >= 0.6 is 11.6 Å². The fraction of sp³-hybridized carbons (Fsp3) is 0.400. The zero-order chi connectivity index (χ0) is 10.4. The average Bonchev–Trinajstić information content (AvgIpc) is 2.19. The van der Waals surface area contributed by atoms with Crippen molar-refractivity contribution in [2.75, 3.05) is 31.3 Å². The fourth-order valence-corrected chi connectivity index (χ4v) is 1.31. The van der Waals surface area contributed by atoms with Crippen molar-refractivity contribution in [3.8, 4) is 0 Å². The van der Waals surface area contributed by atoms with Gasteiger partial charge in [0.1, 0.15) is 0 Å². The first-order valence-corrected chi connectivity index (χ1v) is 4.90. The lowest BCUT2D eigenvalue weighted by Crippen LogP contribution is -2.06. The minimum atomic E-state index is 0.585. The van der Waals surface area contributed by atoms with Gasteiger partial charge in [0.25, 0.3) is 0 Å². The molecule has 3 nitrogen and oxygen atoms in total. The Morgan fingerprint density at radius 2 is 2.29 bits per heavy atom. The summed E-state index contributed by atoms with van der Waals surface area (Å²) in [6.07, 6.45) is 0.947. The topological polar surface area (TPSA) is 47.3 Å². The number of para-hydroxylation sites is 1. The van der Waals surface area contributed by atoms with E-state index >= 15 is 0 Å². The van der Waals surface area contributed by atoms with Gasteiger partial charge in [-0.2, -0.15) is 0 Å². The standard InChI is InChI=1S/C10H15ClN2O/c1-14-7-3-6-13-9-5-2-4-8(11)10(9)12/h2,4-5,13H,3,6-7,12H2,1H3. The van der Waals surface area contributed by atoms with Crippen molar-refractivity contribution in [3.05, 3.63) is 23.2 Å². The summed E-state index contributed by atoms with van der Waals surface area (Å²) in [5.41, 5.74) is 7.26. The SMILES string of the molecule is COCCCNc1cccc(Cl)c1N. The Balaban J connectivity index is 2.46. The lowest BCUT2D eigenvalue weighted by molar-refractivity contribution is 0.198. The highest BCUT2D eigenvalue weighted by Crippen LogP contribution is 2.26. The second-order valence-electron chi connectivity index (χ2n) is 2.97. The van der Waals surface area contributed by atoms with E-state index in [0.29, 0.717) is 10.7 Å². The van der Waals surface area contributed by atoms with Crippen LogP contribution < -0.4 is 11.1 Å². The average molecular weight is 215 g/mol. The van der Waals surface area contributed by atoms with E-state index in [4.69, 9.17) is 22.1 Å². The molecular formula is C10H15ClN2O. The maximum absolute atomic E-state index is 5.86. The van der Waals surface area contributed by atoms with Gasteiger partial charge in [0.2, 0.25) is 0 Å². The van der Waals surface area contributed by atoms with Crippen LogP contribution in [-0.2, 0) is 4.74 Å². The van der Waals surface area contributed by atoms with Crippen LogP contribution in [0, 0.1) is 0 Å². The van der Waals surface area contributed by atoms with Crippen molar-refractivity contribution in [1.29, 1.82) is 0 Å². The first-order valence-electron chi connectivity index (χ1n) is 4.52. The number of anilines is 2. The Bertz CT molecular complexity index is 291.